The lowest BCUT2D eigenvalue weighted by molar-refractivity contribution is -0.151. The summed E-state index contributed by atoms with van der Waals surface area (Å²) < 4.78 is 15.7. The van der Waals surface area contributed by atoms with Crippen LogP contribution < -0.4 is 14.4 Å². The van der Waals surface area contributed by atoms with E-state index in [1.807, 2.05) is 0 Å². The Labute approximate surface area is 199 Å². The molecular weight excluding hydrogens is 442 g/mol. The van der Waals surface area contributed by atoms with Crippen LogP contribution in [0.3, 0.4) is 0 Å². The van der Waals surface area contributed by atoms with Crippen molar-refractivity contribution in [2.45, 2.75) is 26.2 Å². The maximum Gasteiger partial charge on any atom is 0.309 e. The second-order valence-corrected chi connectivity index (χ2v) is 8.54. The molecule has 10 nitrogen and oxygen atoms in total. The zero-order valence-corrected chi connectivity index (χ0v) is 20.2. The third kappa shape index (κ3) is 5.60. The molecule has 10 heteroatoms. The van der Waals surface area contributed by atoms with Crippen molar-refractivity contribution in [1.29, 1.82) is 0 Å². The lowest BCUT2D eigenvalue weighted by Crippen LogP contribution is -2.46. The van der Waals surface area contributed by atoms with E-state index >= 15 is 0 Å². The van der Waals surface area contributed by atoms with E-state index in [-0.39, 0.29) is 49.1 Å². The molecule has 1 atom stereocenters. The Bertz CT molecular complexity index is 927. The van der Waals surface area contributed by atoms with Gasteiger partial charge in [-0.15, -0.1) is 0 Å². The van der Waals surface area contributed by atoms with Gasteiger partial charge in [0, 0.05) is 39.2 Å². The summed E-state index contributed by atoms with van der Waals surface area (Å²) in [4.78, 5) is 55.0. The fraction of sp³-hybridized carbons (Fsp3) is 0.583. The molecule has 3 rings (SSSR count). The summed E-state index contributed by atoms with van der Waals surface area (Å²) in [6.45, 7) is 3.15. The van der Waals surface area contributed by atoms with E-state index in [1.165, 1.54) is 24.0 Å². The summed E-state index contributed by atoms with van der Waals surface area (Å²) in [7, 11) is 4.63. The molecule has 186 valence electrons. The van der Waals surface area contributed by atoms with Gasteiger partial charge < -0.3 is 28.9 Å². The minimum Gasteiger partial charge on any atom is -0.497 e. The molecule has 0 aliphatic carbocycles. The number of methoxy groups -OCH3 is 2. The molecule has 0 aromatic heterocycles. The standard InChI is InChI=1S/C24H33N3O7/c1-5-34-24(31)16-8-10-26(11-9-16)22(29)15-25(2)23(30)17-12-21(28)27(14-17)19-13-18(32-3)6-7-20(19)33-4/h6-7,13,16-17H,5,8-12,14-15H2,1-4H3. The van der Waals surface area contributed by atoms with E-state index in [0.29, 0.717) is 49.7 Å². The first-order chi connectivity index (χ1) is 16.3. The zero-order chi connectivity index (χ0) is 24.8. The second kappa shape index (κ2) is 11.2. The fourth-order valence-corrected chi connectivity index (χ4v) is 4.43. The Hall–Kier alpha value is -3.30. The first-order valence-corrected chi connectivity index (χ1v) is 11.5. The van der Waals surface area contributed by atoms with E-state index in [1.54, 1.807) is 37.1 Å². The average molecular weight is 476 g/mol. The molecule has 2 aliphatic rings. The van der Waals surface area contributed by atoms with Gasteiger partial charge >= 0.3 is 5.97 Å². The predicted molar refractivity (Wildman–Crippen MR) is 124 cm³/mol. The van der Waals surface area contributed by atoms with Crippen molar-refractivity contribution in [2.75, 3.05) is 59.0 Å². The van der Waals surface area contributed by atoms with Gasteiger partial charge in [0.15, 0.2) is 0 Å². The van der Waals surface area contributed by atoms with Gasteiger partial charge in [0.2, 0.25) is 17.7 Å². The second-order valence-electron chi connectivity index (χ2n) is 8.54. The van der Waals surface area contributed by atoms with E-state index in [2.05, 4.69) is 0 Å². The van der Waals surface area contributed by atoms with Crippen LogP contribution in [0.25, 0.3) is 0 Å². The number of amides is 3. The van der Waals surface area contributed by atoms with Crippen LogP contribution in [0, 0.1) is 11.8 Å². The van der Waals surface area contributed by atoms with Gasteiger partial charge in [0.05, 0.1) is 44.9 Å². The number of carbonyl (C=O) groups is 4. The SMILES string of the molecule is CCOC(=O)C1CCN(C(=O)CN(C)C(=O)C2CC(=O)N(c3cc(OC)ccc3OC)C2)CC1. The summed E-state index contributed by atoms with van der Waals surface area (Å²) in [5, 5.41) is 0. The monoisotopic (exact) mass is 475 g/mol. The first kappa shape index (κ1) is 25.3. The van der Waals surface area contributed by atoms with Crippen LogP contribution in [0.5, 0.6) is 11.5 Å². The number of nitrogens with zero attached hydrogens (tertiary/aromatic N) is 3. The van der Waals surface area contributed by atoms with Gasteiger partial charge in [-0.2, -0.15) is 0 Å². The Morgan fingerprint density at radius 3 is 2.41 bits per heavy atom. The van der Waals surface area contributed by atoms with Crippen molar-refractivity contribution in [3.05, 3.63) is 18.2 Å². The molecule has 2 aliphatic heterocycles. The molecule has 1 aromatic rings. The third-order valence-electron chi connectivity index (χ3n) is 6.37. The lowest BCUT2D eigenvalue weighted by atomic mass is 9.97. The number of hydrogen-bond acceptors (Lipinski definition) is 7. The Morgan fingerprint density at radius 1 is 1.09 bits per heavy atom. The minimum absolute atomic E-state index is 0.0582. The van der Waals surface area contributed by atoms with Crippen molar-refractivity contribution in [3.8, 4) is 11.5 Å². The van der Waals surface area contributed by atoms with Crippen LogP contribution in [0.2, 0.25) is 0 Å². The number of anilines is 1. The maximum atomic E-state index is 13.0. The third-order valence-corrected chi connectivity index (χ3v) is 6.37. The van der Waals surface area contributed by atoms with Crippen molar-refractivity contribution in [1.82, 2.24) is 9.80 Å². The maximum absolute atomic E-state index is 13.0. The van der Waals surface area contributed by atoms with Gasteiger partial charge in [-0.1, -0.05) is 0 Å². The normalized spacial score (nSPS) is 18.6. The summed E-state index contributed by atoms with van der Waals surface area (Å²) in [6, 6.07) is 5.16. The highest BCUT2D eigenvalue weighted by molar-refractivity contribution is 6.01. The molecule has 2 fully saturated rings. The molecule has 0 spiro atoms. The number of ether oxygens (including phenoxy) is 3. The van der Waals surface area contributed by atoms with Crippen LogP contribution in [-0.2, 0) is 23.9 Å². The number of carbonyl (C=O) groups excluding carboxylic acids is 4. The molecule has 2 heterocycles. The topological polar surface area (TPSA) is 106 Å². The summed E-state index contributed by atoms with van der Waals surface area (Å²) >= 11 is 0. The molecule has 3 amide bonds. The van der Waals surface area contributed by atoms with Gasteiger partial charge in [0.1, 0.15) is 11.5 Å². The first-order valence-electron chi connectivity index (χ1n) is 11.5. The van der Waals surface area contributed by atoms with Crippen LogP contribution >= 0.6 is 0 Å². The smallest absolute Gasteiger partial charge is 0.309 e. The number of rotatable bonds is 8. The number of benzene rings is 1. The van der Waals surface area contributed by atoms with Gasteiger partial charge in [-0.05, 0) is 31.9 Å². The minimum atomic E-state index is -0.559. The molecule has 0 N–H and O–H groups in total. The number of esters is 1. The fourth-order valence-electron chi connectivity index (χ4n) is 4.43. The molecule has 1 unspecified atom stereocenters. The highest BCUT2D eigenvalue weighted by atomic mass is 16.5. The molecular formula is C24H33N3O7. The summed E-state index contributed by atoms with van der Waals surface area (Å²) in [5.74, 6) is -0.495. The van der Waals surface area contributed by atoms with Crippen molar-refractivity contribution >= 4 is 29.4 Å². The van der Waals surface area contributed by atoms with Crippen molar-refractivity contribution < 1.29 is 33.4 Å². The quantitative estimate of drug-likeness (QED) is 0.522. The number of likely N-dealkylation sites (tertiary alicyclic amines) is 1. The largest absolute Gasteiger partial charge is 0.497 e. The molecule has 0 bridgehead atoms. The van der Waals surface area contributed by atoms with Crippen LogP contribution in [0.1, 0.15) is 26.2 Å². The van der Waals surface area contributed by atoms with E-state index in [4.69, 9.17) is 14.2 Å². The number of hydrogen-bond donors (Lipinski definition) is 0. The highest BCUT2D eigenvalue weighted by Crippen LogP contribution is 2.36. The van der Waals surface area contributed by atoms with Crippen LogP contribution in [0.4, 0.5) is 5.69 Å². The molecule has 0 radical (unpaired) electrons. The summed E-state index contributed by atoms with van der Waals surface area (Å²) in [6.07, 6.45) is 1.16. The Balaban J connectivity index is 1.57. The van der Waals surface area contributed by atoms with Crippen molar-refractivity contribution in [3.63, 3.8) is 0 Å². The molecule has 34 heavy (non-hydrogen) atoms. The predicted octanol–water partition coefficient (Wildman–Crippen LogP) is 1.32. The van der Waals surface area contributed by atoms with Crippen molar-refractivity contribution in [2.24, 2.45) is 11.8 Å². The average Bonchev–Trinajstić information content (AvgIpc) is 3.24. The number of likely N-dealkylation sites (N-methyl/N-ethyl adjacent to an activating group) is 1. The highest BCUT2D eigenvalue weighted by Gasteiger charge is 2.38. The van der Waals surface area contributed by atoms with Crippen LogP contribution in [-0.4, -0.2) is 87.5 Å². The van der Waals surface area contributed by atoms with Gasteiger partial charge in [-0.25, -0.2) is 0 Å². The Morgan fingerprint density at radius 2 is 1.79 bits per heavy atom. The molecule has 1 aromatic carbocycles. The lowest BCUT2D eigenvalue weighted by Gasteiger charge is -2.32. The van der Waals surface area contributed by atoms with E-state index in [9.17, 15) is 19.2 Å². The zero-order valence-electron chi connectivity index (χ0n) is 20.2. The van der Waals surface area contributed by atoms with E-state index in [0.717, 1.165) is 0 Å². The molecule has 2 saturated heterocycles. The summed E-state index contributed by atoms with van der Waals surface area (Å²) in [5.41, 5.74) is 0.547. The van der Waals surface area contributed by atoms with Gasteiger partial charge in [0.25, 0.3) is 0 Å². The molecule has 0 saturated carbocycles. The van der Waals surface area contributed by atoms with Gasteiger partial charge in [-0.3, -0.25) is 19.2 Å². The van der Waals surface area contributed by atoms with Crippen LogP contribution in [0.15, 0.2) is 18.2 Å². The Kier molecular flexibility index (Phi) is 8.36. The van der Waals surface area contributed by atoms with E-state index < -0.39 is 5.92 Å². The number of piperidine rings is 1.